The van der Waals surface area contributed by atoms with Gasteiger partial charge in [-0.05, 0) is 31.0 Å². The lowest BCUT2D eigenvalue weighted by molar-refractivity contribution is -0.141. The molecule has 0 unspecified atom stereocenters. The molecular weight excluding hydrogens is 298 g/mol. The highest BCUT2D eigenvalue weighted by molar-refractivity contribution is 9.10. The van der Waals surface area contributed by atoms with E-state index in [1.165, 1.54) is 0 Å². The SMILES string of the molecule is Cc1c(Br)cccc1C(=O)N1CC[C@H](C(=O)O)C1. The second-order valence-electron chi connectivity index (χ2n) is 4.49. The maximum absolute atomic E-state index is 12.3. The molecule has 0 bridgehead atoms. The van der Waals surface area contributed by atoms with Crippen molar-refractivity contribution in [2.75, 3.05) is 13.1 Å². The molecule has 4 nitrogen and oxygen atoms in total. The van der Waals surface area contributed by atoms with Crippen LogP contribution < -0.4 is 0 Å². The second-order valence-corrected chi connectivity index (χ2v) is 5.34. The third-order valence-electron chi connectivity index (χ3n) is 3.32. The molecule has 0 aromatic heterocycles. The molecule has 1 amide bonds. The molecule has 0 radical (unpaired) electrons. The number of carboxylic acids is 1. The summed E-state index contributed by atoms with van der Waals surface area (Å²) in [5.74, 6) is -1.34. The van der Waals surface area contributed by atoms with Gasteiger partial charge in [0.05, 0.1) is 5.92 Å². The molecule has 5 heteroatoms. The number of benzene rings is 1. The fraction of sp³-hybridized carbons (Fsp3) is 0.385. The zero-order valence-corrected chi connectivity index (χ0v) is 11.6. The Bertz CT molecular complexity index is 501. The molecule has 2 rings (SSSR count). The van der Waals surface area contributed by atoms with Crippen molar-refractivity contribution in [3.8, 4) is 0 Å². The van der Waals surface area contributed by atoms with E-state index in [-0.39, 0.29) is 5.91 Å². The van der Waals surface area contributed by atoms with Crippen LogP contribution in [0.15, 0.2) is 22.7 Å². The van der Waals surface area contributed by atoms with Crippen LogP contribution in [0.3, 0.4) is 0 Å². The van der Waals surface area contributed by atoms with E-state index in [4.69, 9.17) is 5.11 Å². The van der Waals surface area contributed by atoms with Gasteiger partial charge in [-0.2, -0.15) is 0 Å². The van der Waals surface area contributed by atoms with Gasteiger partial charge in [0.15, 0.2) is 0 Å². The summed E-state index contributed by atoms with van der Waals surface area (Å²) in [7, 11) is 0. The molecule has 0 aliphatic carbocycles. The van der Waals surface area contributed by atoms with E-state index in [1.807, 2.05) is 19.1 Å². The lowest BCUT2D eigenvalue weighted by atomic mass is 10.1. The molecular formula is C13H14BrNO3. The molecule has 1 fully saturated rings. The largest absolute Gasteiger partial charge is 0.481 e. The Morgan fingerprint density at radius 1 is 1.44 bits per heavy atom. The Kier molecular flexibility index (Phi) is 3.71. The van der Waals surface area contributed by atoms with Gasteiger partial charge >= 0.3 is 5.97 Å². The highest BCUT2D eigenvalue weighted by Crippen LogP contribution is 2.24. The van der Waals surface area contributed by atoms with Crippen molar-refractivity contribution >= 4 is 27.8 Å². The predicted molar refractivity (Wildman–Crippen MR) is 70.5 cm³/mol. The minimum absolute atomic E-state index is 0.0856. The second kappa shape index (κ2) is 5.10. The third-order valence-corrected chi connectivity index (χ3v) is 4.18. The number of likely N-dealkylation sites (tertiary alicyclic amines) is 1. The zero-order valence-electron chi connectivity index (χ0n) is 10.0. The minimum atomic E-state index is -0.823. The fourth-order valence-electron chi connectivity index (χ4n) is 2.16. The number of rotatable bonds is 2. The normalized spacial score (nSPS) is 19.0. The molecule has 1 N–H and O–H groups in total. The van der Waals surface area contributed by atoms with Gasteiger partial charge in [-0.1, -0.05) is 22.0 Å². The Morgan fingerprint density at radius 3 is 2.78 bits per heavy atom. The topological polar surface area (TPSA) is 57.6 Å². The van der Waals surface area contributed by atoms with E-state index in [9.17, 15) is 9.59 Å². The van der Waals surface area contributed by atoms with E-state index in [1.54, 1.807) is 11.0 Å². The van der Waals surface area contributed by atoms with Crippen molar-refractivity contribution in [3.63, 3.8) is 0 Å². The first-order valence-electron chi connectivity index (χ1n) is 5.78. The molecule has 1 saturated heterocycles. The van der Waals surface area contributed by atoms with Gasteiger partial charge in [0, 0.05) is 23.1 Å². The lowest BCUT2D eigenvalue weighted by Crippen LogP contribution is -2.30. The summed E-state index contributed by atoms with van der Waals surface area (Å²) < 4.78 is 0.891. The molecule has 96 valence electrons. The summed E-state index contributed by atoms with van der Waals surface area (Å²) >= 11 is 3.39. The van der Waals surface area contributed by atoms with Crippen LogP contribution in [0.25, 0.3) is 0 Å². The van der Waals surface area contributed by atoms with Gasteiger partial charge in [0.2, 0.25) is 0 Å². The minimum Gasteiger partial charge on any atom is -0.481 e. The van der Waals surface area contributed by atoms with Gasteiger partial charge in [-0.3, -0.25) is 9.59 Å². The monoisotopic (exact) mass is 311 g/mol. The van der Waals surface area contributed by atoms with Gasteiger partial charge in [-0.25, -0.2) is 0 Å². The van der Waals surface area contributed by atoms with Crippen molar-refractivity contribution in [1.82, 2.24) is 4.90 Å². The first kappa shape index (κ1) is 13.1. The molecule has 0 spiro atoms. The number of hydrogen-bond acceptors (Lipinski definition) is 2. The Morgan fingerprint density at radius 2 is 2.17 bits per heavy atom. The van der Waals surface area contributed by atoms with Crippen molar-refractivity contribution < 1.29 is 14.7 Å². The van der Waals surface area contributed by atoms with Crippen LogP contribution in [0.2, 0.25) is 0 Å². The van der Waals surface area contributed by atoms with Crippen molar-refractivity contribution in [1.29, 1.82) is 0 Å². The van der Waals surface area contributed by atoms with Crippen LogP contribution in [0.1, 0.15) is 22.3 Å². The van der Waals surface area contributed by atoms with Crippen LogP contribution >= 0.6 is 15.9 Å². The fourth-order valence-corrected chi connectivity index (χ4v) is 2.52. The molecule has 1 aliphatic rings. The quantitative estimate of drug-likeness (QED) is 0.911. The van der Waals surface area contributed by atoms with Gasteiger partial charge < -0.3 is 10.0 Å². The Hall–Kier alpha value is -1.36. The number of halogens is 1. The van der Waals surface area contributed by atoms with E-state index < -0.39 is 11.9 Å². The Balaban J connectivity index is 2.18. The summed E-state index contributed by atoms with van der Waals surface area (Å²) in [6.45, 7) is 2.70. The number of aliphatic carboxylic acids is 1. The van der Waals surface area contributed by atoms with E-state index >= 15 is 0 Å². The maximum Gasteiger partial charge on any atom is 0.308 e. The standard InChI is InChI=1S/C13H14BrNO3/c1-8-10(3-2-4-11(8)14)12(16)15-6-5-9(7-15)13(17)18/h2-4,9H,5-7H2,1H3,(H,17,18)/t9-/m0/s1. The summed E-state index contributed by atoms with van der Waals surface area (Å²) in [6, 6.07) is 5.47. The van der Waals surface area contributed by atoms with E-state index in [2.05, 4.69) is 15.9 Å². The van der Waals surface area contributed by atoms with Crippen LogP contribution in [0.4, 0.5) is 0 Å². The number of carboxylic acid groups (broad SMARTS) is 1. The third kappa shape index (κ3) is 2.41. The lowest BCUT2D eigenvalue weighted by Gasteiger charge is -2.17. The van der Waals surface area contributed by atoms with E-state index in [0.29, 0.717) is 25.1 Å². The highest BCUT2D eigenvalue weighted by Gasteiger charge is 2.31. The number of hydrogen-bond donors (Lipinski definition) is 1. The first-order chi connectivity index (χ1) is 8.50. The maximum atomic E-state index is 12.3. The van der Waals surface area contributed by atoms with E-state index in [0.717, 1.165) is 10.0 Å². The average Bonchev–Trinajstić information content (AvgIpc) is 2.81. The van der Waals surface area contributed by atoms with Crippen LogP contribution in [0, 0.1) is 12.8 Å². The van der Waals surface area contributed by atoms with Crippen molar-refractivity contribution in [2.24, 2.45) is 5.92 Å². The predicted octanol–water partition coefficient (Wildman–Crippen LogP) is 2.30. The first-order valence-corrected chi connectivity index (χ1v) is 6.57. The van der Waals surface area contributed by atoms with Crippen molar-refractivity contribution in [2.45, 2.75) is 13.3 Å². The number of carbonyl (C=O) groups excluding carboxylic acids is 1. The molecule has 0 saturated carbocycles. The van der Waals surface area contributed by atoms with Crippen LogP contribution in [0.5, 0.6) is 0 Å². The molecule has 1 aliphatic heterocycles. The van der Waals surface area contributed by atoms with Gasteiger partial charge in [0.25, 0.3) is 5.91 Å². The van der Waals surface area contributed by atoms with Crippen LogP contribution in [-0.4, -0.2) is 35.0 Å². The summed E-state index contributed by atoms with van der Waals surface area (Å²) in [6.07, 6.45) is 0.536. The summed E-state index contributed by atoms with van der Waals surface area (Å²) in [4.78, 5) is 24.8. The summed E-state index contributed by atoms with van der Waals surface area (Å²) in [5, 5.41) is 8.94. The highest BCUT2D eigenvalue weighted by atomic mass is 79.9. The van der Waals surface area contributed by atoms with Gasteiger partial charge in [0.1, 0.15) is 0 Å². The molecule has 1 heterocycles. The number of amides is 1. The molecule has 1 aromatic carbocycles. The number of nitrogens with zero attached hydrogens (tertiary/aromatic N) is 1. The van der Waals surface area contributed by atoms with Crippen LogP contribution in [-0.2, 0) is 4.79 Å². The molecule has 1 atom stereocenters. The summed E-state index contributed by atoms with van der Waals surface area (Å²) in [5.41, 5.74) is 1.52. The number of carbonyl (C=O) groups is 2. The van der Waals surface area contributed by atoms with Gasteiger partial charge in [-0.15, -0.1) is 0 Å². The molecule has 18 heavy (non-hydrogen) atoms. The molecule has 1 aromatic rings. The Labute approximate surface area is 114 Å². The van der Waals surface area contributed by atoms with Crippen molar-refractivity contribution in [3.05, 3.63) is 33.8 Å². The zero-order chi connectivity index (χ0) is 13.3. The smallest absolute Gasteiger partial charge is 0.308 e. The average molecular weight is 312 g/mol.